The fourth-order valence-electron chi connectivity index (χ4n) is 2.16. The molecule has 2 amide bonds. The van der Waals surface area contributed by atoms with E-state index < -0.39 is 5.97 Å². The molecule has 0 bridgehead atoms. The number of hydrogen-bond acceptors (Lipinski definition) is 3. The lowest BCUT2D eigenvalue weighted by molar-refractivity contribution is -0.137. The number of carbonyl (C=O) groups excluding carboxylic acids is 1. The highest BCUT2D eigenvalue weighted by Gasteiger charge is 2.33. The molecule has 0 saturated heterocycles. The van der Waals surface area contributed by atoms with Gasteiger partial charge in [-0.1, -0.05) is 0 Å². The van der Waals surface area contributed by atoms with Gasteiger partial charge in [0.1, 0.15) is 0 Å². The summed E-state index contributed by atoms with van der Waals surface area (Å²) in [5, 5.41) is 14.4. The molecular weight excluding hydrogens is 258 g/mol. The molecule has 0 aliphatic heterocycles. The molecule has 0 spiro atoms. The predicted molar refractivity (Wildman–Crippen MR) is 73.1 cm³/mol. The molecule has 6 heteroatoms. The molecule has 2 atom stereocenters. The van der Waals surface area contributed by atoms with Crippen LogP contribution in [0.2, 0.25) is 0 Å². The molecule has 3 N–H and O–H groups in total. The van der Waals surface area contributed by atoms with Crippen LogP contribution in [0.5, 0.6) is 0 Å². The van der Waals surface area contributed by atoms with Gasteiger partial charge in [0.05, 0.1) is 12.5 Å². The highest BCUT2D eigenvalue weighted by molar-refractivity contribution is 5.76. The fourth-order valence-corrected chi connectivity index (χ4v) is 2.16. The third kappa shape index (κ3) is 4.22. The van der Waals surface area contributed by atoms with Gasteiger partial charge < -0.3 is 15.7 Å². The number of carboxylic acids is 1. The maximum atomic E-state index is 11.9. The van der Waals surface area contributed by atoms with Crippen LogP contribution in [0.15, 0.2) is 24.5 Å². The molecular formula is C14H19N3O3. The molecule has 1 fully saturated rings. The van der Waals surface area contributed by atoms with E-state index in [1.807, 2.05) is 19.1 Å². The van der Waals surface area contributed by atoms with Crippen LogP contribution in [-0.4, -0.2) is 28.1 Å². The van der Waals surface area contributed by atoms with Gasteiger partial charge in [0.2, 0.25) is 0 Å². The number of nitrogens with one attached hydrogen (secondary N) is 2. The Morgan fingerprint density at radius 1 is 1.35 bits per heavy atom. The normalized spacial score (nSPS) is 17.1. The summed E-state index contributed by atoms with van der Waals surface area (Å²) < 4.78 is 0. The topological polar surface area (TPSA) is 91.3 Å². The molecule has 108 valence electrons. The smallest absolute Gasteiger partial charge is 0.315 e. The molecule has 2 rings (SSSR count). The van der Waals surface area contributed by atoms with Gasteiger partial charge in [-0.3, -0.25) is 9.78 Å². The number of aliphatic carboxylic acids is 1. The Morgan fingerprint density at radius 2 is 2.00 bits per heavy atom. The van der Waals surface area contributed by atoms with Crippen LogP contribution < -0.4 is 10.6 Å². The van der Waals surface area contributed by atoms with Crippen molar-refractivity contribution in [1.82, 2.24) is 15.6 Å². The average molecular weight is 277 g/mol. The predicted octanol–water partition coefficient (Wildman–Crippen LogP) is 1.70. The molecule has 1 aromatic heterocycles. The summed E-state index contributed by atoms with van der Waals surface area (Å²) in [5.41, 5.74) is 0.955. The first kappa shape index (κ1) is 14.3. The molecule has 2 unspecified atom stereocenters. The van der Waals surface area contributed by atoms with Gasteiger partial charge >= 0.3 is 12.0 Å². The molecule has 1 aromatic rings. The Hall–Kier alpha value is -2.11. The van der Waals surface area contributed by atoms with Crippen molar-refractivity contribution < 1.29 is 14.7 Å². The highest BCUT2D eigenvalue weighted by Crippen LogP contribution is 2.34. The van der Waals surface area contributed by atoms with Crippen LogP contribution in [0.25, 0.3) is 0 Å². The van der Waals surface area contributed by atoms with Crippen molar-refractivity contribution in [2.45, 2.75) is 38.3 Å². The van der Waals surface area contributed by atoms with Gasteiger partial charge in [0, 0.05) is 18.4 Å². The van der Waals surface area contributed by atoms with E-state index in [0.29, 0.717) is 5.92 Å². The van der Waals surface area contributed by atoms with Crippen molar-refractivity contribution in [3.8, 4) is 0 Å². The van der Waals surface area contributed by atoms with Gasteiger partial charge in [-0.2, -0.15) is 0 Å². The maximum Gasteiger partial charge on any atom is 0.315 e. The van der Waals surface area contributed by atoms with E-state index in [-0.39, 0.29) is 24.5 Å². The van der Waals surface area contributed by atoms with Crippen LogP contribution >= 0.6 is 0 Å². The molecule has 1 aliphatic rings. The van der Waals surface area contributed by atoms with Crippen molar-refractivity contribution in [3.05, 3.63) is 30.1 Å². The van der Waals surface area contributed by atoms with E-state index in [1.54, 1.807) is 12.4 Å². The molecule has 1 saturated carbocycles. The van der Waals surface area contributed by atoms with E-state index in [2.05, 4.69) is 15.6 Å². The number of carboxylic acid groups (broad SMARTS) is 1. The van der Waals surface area contributed by atoms with Crippen LogP contribution in [-0.2, 0) is 4.79 Å². The maximum absolute atomic E-state index is 11.9. The van der Waals surface area contributed by atoms with E-state index in [1.165, 1.54) is 0 Å². The molecule has 0 radical (unpaired) electrons. The molecule has 6 nitrogen and oxygen atoms in total. The fraction of sp³-hybridized carbons (Fsp3) is 0.500. The Bertz CT molecular complexity index is 474. The lowest BCUT2D eigenvalue weighted by Gasteiger charge is -2.19. The van der Waals surface area contributed by atoms with Crippen molar-refractivity contribution in [1.29, 1.82) is 0 Å². The Kier molecular flexibility index (Phi) is 4.55. The van der Waals surface area contributed by atoms with E-state index >= 15 is 0 Å². The number of pyridine rings is 1. The van der Waals surface area contributed by atoms with Crippen molar-refractivity contribution in [3.63, 3.8) is 0 Å². The van der Waals surface area contributed by atoms with Crippen molar-refractivity contribution in [2.75, 3.05) is 0 Å². The number of carbonyl (C=O) groups is 2. The lowest BCUT2D eigenvalue weighted by Crippen LogP contribution is -2.44. The first-order valence-electron chi connectivity index (χ1n) is 6.75. The van der Waals surface area contributed by atoms with Crippen LogP contribution in [0.4, 0.5) is 4.79 Å². The summed E-state index contributed by atoms with van der Waals surface area (Å²) in [4.78, 5) is 26.6. The van der Waals surface area contributed by atoms with Crippen LogP contribution in [0.3, 0.4) is 0 Å². The first-order valence-corrected chi connectivity index (χ1v) is 6.75. The summed E-state index contributed by atoms with van der Waals surface area (Å²) in [5.74, 6) is -0.586. The summed E-state index contributed by atoms with van der Waals surface area (Å²) in [7, 11) is 0. The van der Waals surface area contributed by atoms with Gasteiger partial charge in [-0.15, -0.1) is 0 Å². The number of urea groups is 1. The third-order valence-electron chi connectivity index (χ3n) is 3.46. The minimum absolute atomic E-state index is 0.0261. The second-order valence-corrected chi connectivity index (χ2v) is 5.16. The summed E-state index contributed by atoms with van der Waals surface area (Å²) in [6.07, 6.45) is 5.28. The quantitative estimate of drug-likeness (QED) is 0.738. The van der Waals surface area contributed by atoms with Gasteiger partial charge in [0.15, 0.2) is 0 Å². The Morgan fingerprint density at radius 3 is 2.55 bits per heavy atom. The average Bonchev–Trinajstić information content (AvgIpc) is 3.22. The van der Waals surface area contributed by atoms with Gasteiger partial charge in [-0.05, 0) is 43.4 Å². The number of hydrogen-bond donors (Lipinski definition) is 3. The van der Waals surface area contributed by atoms with E-state index in [9.17, 15) is 9.59 Å². The standard InChI is InChI=1S/C14H19N3O3/c1-9(10-4-6-15-7-5-10)16-14(20)17-12(8-13(18)19)11-2-3-11/h4-7,9,11-12H,2-3,8H2,1H3,(H,18,19)(H2,16,17,20). The van der Waals surface area contributed by atoms with Gasteiger partial charge in [-0.25, -0.2) is 4.79 Å². The van der Waals surface area contributed by atoms with Crippen molar-refractivity contribution >= 4 is 12.0 Å². The summed E-state index contributed by atoms with van der Waals surface area (Å²) in [6.45, 7) is 1.87. The Balaban J connectivity index is 1.86. The molecule has 0 aromatic carbocycles. The zero-order valence-corrected chi connectivity index (χ0v) is 11.4. The first-order chi connectivity index (χ1) is 9.56. The Labute approximate surface area is 117 Å². The van der Waals surface area contributed by atoms with Crippen LogP contribution in [0, 0.1) is 5.92 Å². The third-order valence-corrected chi connectivity index (χ3v) is 3.46. The monoisotopic (exact) mass is 277 g/mol. The zero-order chi connectivity index (χ0) is 14.5. The number of nitrogens with zero attached hydrogens (tertiary/aromatic N) is 1. The number of amides is 2. The largest absolute Gasteiger partial charge is 0.481 e. The lowest BCUT2D eigenvalue weighted by atomic mass is 10.1. The molecule has 20 heavy (non-hydrogen) atoms. The van der Waals surface area contributed by atoms with Crippen molar-refractivity contribution in [2.24, 2.45) is 5.92 Å². The van der Waals surface area contributed by atoms with E-state index in [0.717, 1.165) is 18.4 Å². The second kappa shape index (κ2) is 6.36. The zero-order valence-electron chi connectivity index (χ0n) is 11.4. The van der Waals surface area contributed by atoms with Gasteiger partial charge in [0.25, 0.3) is 0 Å². The highest BCUT2D eigenvalue weighted by atomic mass is 16.4. The second-order valence-electron chi connectivity index (χ2n) is 5.16. The minimum atomic E-state index is -0.885. The molecule has 1 heterocycles. The summed E-state index contributed by atoms with van der Waals surface area (Å²) >= 11 is 0. The summed E-state index contributed by atoms with van der Waals surface area (Å²) in [6, 6.07) is 2.91. The molecule has 1 aliphatic carbocycles. The SMILES string of the molecule is CC(NC(=O)NC(CC(=O)O)C1CC1)c1ccncc1. The number of rotatable bonds is 6. The minimum Gasteiger partial charge on any atom is -0.481 e. The van der Waals surface area contributed by atoms with E-state index in [4.69, 9.17) is 5.11 Å². The number of aromatic nitrogens is 1. The van der Waals surface area contributed by atoms with Crippen LogP contribution in [0.1, 0.15) is 37.8 Å².